The number of rotatable bonds is 6. The summed E-state index contributed by atoms with van der Waals surface area (Å²) in [7, 11) is 0. The van der Waals surface area contributed by atoms with Gasteiger partial charge in [0, 0.05) is 30.6 Å². The van der Waals surface area contributed by atoms with E-state index in [0.29, 0.717) is 12.2 Å². The molecule has 168 valence electrons. The van der Waals surface area contributed by atoms with Gasteiger partial charge < -0.3 is 9.47 Å². The highest BCUT2D eigenvalue weighted by molar-refractivity contribution is 7.98. The first-order chi connectivity index (χ1) is 16.2. The lowest BCUT2D eigenvalue weighted by Crippen LogP contribution is -2.35. The molecule has 0 spiro atoms. The van der Waals surface area contributed by atoms with E-state index in [2.05, 4.69) is 9.55 Å². The van der Waals surface area contributed by atoms with Gasteiger partial charge in [0.2, 0.25) is 0 Å². The summed E-state index contributed by atoms with van der Waals surface area (Å²) in [6.07, 6.45) is 5.13. The Labute approximate surface area is 196 Å². The zero-order valence-corrected chi connectivity index (χ0v) is 19.1. The molecule has 5 nitrogen and oxygen atoms in total. The molecule has 1 saturated heterocycles. The minimum atomic E-state index is -0.243. The van der Waals surface area contributed by atoms with Crippen molar-refractivity contribution in [2.24, 2.45) is 0 Å². The van der Waals surface area contributed by atoms with Gasteiger partial charge in [-0.3, -0.25) is 4.79 Å². The summed E-state index contributed by atoms with van der Waals surface area (Å²) < 4.78 is 15.5. The number of fused-ring (bicyclic) bond motifs is 1. The number of thioether (sulfide) groups is 1. The third kappa shape index (κ3) is 4.93. The maximum absolute atomic E-state index is 13.3. The fourth-order valence-electron chi connectivity index (χ4n) is 4.15. The van der Waals surface area contributed by atoms with Crippen LogP contribution in [0.1, 0.15) is 40.7 Å². The van der Waals surface area contributed by atoms with E-state index in [0.717, 1.165) is 59.0 Å². The molecule has 1 amide bonds. The lowest BCUT2D eigenvalue weighted by atomic mass is 10.1. The second-order valence-electron chi connectivity index (χ2n) is 8.29. The zero-order chi connectivity index (χ0) is 22.6. The van der Waals surface area contributed by atoms with Gasteiger partial charge in [-0.2, -0.15) is 0 Å². The Morgan fingerprint density at radius 3 is 2.42 bits per heavy atom. The standard InChI is InChI=1S/C26H25FN4OS/c27-22-12-8-19(9-13-22)17-31-23-5-4-14-28-24(23)29-26(31)33-18-20-6-10-21(11-7-20)25(32)30-15-2-1-3-16-30/h4-14H,1-3,15-18H2. The number of piperidine rings is 1. The number of amides is 1. The molecule has 0 aliphatic carbocycles. The first kappa shape index (κ1) is 21.6. The summed E-state index contributed by atoms with van der Waals surface area (Å²) in [5.74, 6) is 0.610. The van der Waals surface area contributed by atoms with Crippen LogP contribution in [0, 0.1) is 5.82 Å². The summed E-state index contributed by atoms with van der Waals surface area (Å²) in [5, 5.41) is 0.862. The van der Waals surface area contributed by atoms with E-state index in [1.807, 2.05) is 41.3 Å². The zero-order valence-electron chi connectivity index (χ0n) is 18.3. The van der Waals surface area contributed by atoms with Crippen molar-refractivity contribution >= 4 is 28.8 Å². The van der Waals surface area contributed by atoms with Crippen molar-refractivity contribution in [1.82, 2.24) is 19.4 Å². The number of hydrogen-bond donors (Lipinski definition) is 0. The van der Waals surface area contributed by atoms with Crippen molar-refractivity contribution in [3.05, 3.63) is 89.4 Å². The van der Waals surface area contributed by atoms with Crippen LogP contribution >= 0.6 is 11.8 Å². The number of hydrogen-bond acceptors (Lipinski definition) is 4. The summed E-state index contributed by atoms with van der Waals surface area (Å²) in [4.78, 5) is 23.8. The summed E-state index contributed by atoms with van der Waals surface area (Å²) in [6.45, 7) is 2.30. The van der Waals surface area contributed by atoms with Crippen LogP contribution in [0.4, 0.5) is 4.39 Å². The lowest BCUT2D eigenvalue weighted by molar-refractivity contribution is 0.0724. The Morgan fingerprint density at radius 2 is 1.67 bits per heavy atom. The van der Waals surface area contributed by atoms with E-state index in [-0.39, 0.29) is 11.7 Å². The topological polar surface area (TPSA) is 51.0 Å². The number of imidazole rings is 1. The van der Waals surface area contributed by atoms with Crippen LogP contribution in [-0.2, 0) is 12.3 Å². The number of carbonyl (C=O) groups is 1. The van der Waals surface area contributed by atoms with Gasteiger partial charge in [0.05, 0.1) is 12.1 Å². The molecule has 4 aromatic rings. The molecule has 0 saturated carbocycles. The van der Waals surface area contributed by atoms with Gasteiger partial charge in [0.15, 0.2) is 10.8 Å². The van der Waals surface area contributed by atoms with Crippen LogP contribution in [0.5, 0.6) is 0 Å². The first-order valence-electron chi connectivity index (χ1n) is 11.2. The molecule has 1 aliphatic rings. The van der Waals surface area contributed by atoms with Crippen molar-refractivity contribution in [3.8, 4) is 0 Å². The monoisotopic (exact) mass is 460 g/mol. The van der Waals surface area contributed by atoms with E-state index in [4.69, 9.17) is 4.98 Å². The Morgan fingerprint density at radius 1 is 0.939 bits per heavy atom. The summed E-state index contributed by atoms with van der Waals surface area (Å²) in [6, 6.07) is 18.4. The molecule has 0 bridgehead atoms. The molecule has 1 fully saturated rings. The Hall–Kier alpha value is -3.19. The van der Waals surface area contributed by atoms with E-state index in [9.17, 15) is 9.18 Å². The van der Waals surface area contributed by atoms with Gasteiger partial charge in [-0.1, -0.05) is 36.0 Å². The third-order valence-electron chi connectivity index (χ3n) is 5.96. The van der Waals surface area contributed by atoms with E-state index >= 15 is 0 Å². The van der Waals surface area contributed by atoms with Crippen molar-refractivity contribution in [1.29, 1.82) is 0 Å². The molecule has 0 atom stereocenters. The minimum Gasteiger partial charge on any atom is -0.339 e. The molecular formula is C26H25FN4OS. The number of nitrogens with zero attached hydrogens (tertiary/aromatic N) is 4. The first-order valence-corrected chi connectivity index (χ1v) is 12.2. The number of carbonyl (C=O) groups excluding carboxylic acids is 1. The van der Waals surface area contributed by atoms with Gasteiger partial charge in [0.25, 0.3) is 5.91 Å². The molecule has 0 radical (unpaired) electrons. The Bertz CT molecular complexity index is 1250. The Balaban J connectivity index is 1.32. The van der Waals surface area contributed by atoms with E-state index < -0.39 is 0 Å². The number of likely N-dealkylation sites (tertiary alicyclic amines) is 1. The Kier molecular flexibility index (Phi) is 6.39. The molecule has 5 rings (SSSR count). The van der Waals surface area contributed by atoms with Crippen LogP contribution in [-0.4, -0.2) is 38.4 Å². The van der Waals surface area contributed by atoms with Crippen LogP contribution in [0.15, 0.2) is 72.0 Å². The van der Waals surface area contributed by atoms with Gasteiger partial charge >= 0.3 is 0 Å². The van der Waals surface area contributed by atoms with Crippen molar-refractivity contribution in [2.45, 2.75) is 36.7 Å². The highest BCUT2D eigenvalue weighted by Gasteiger charge is 2.18. The number of pyridine rings is 1. The molecule has 0 N–H and O–H groups in total. The normalized spacial score (nSPS) is 14.0. The SMILES string of the molecule is O=C(c1ccc(CSc2nc3ncccc3n2Cc2ccc(F)cc2)cc1)N1CCCCC1. The molecule has 0 unspecified atom stereocenters. The lowest BCUT2D eigenvalue weighted by Gasteiger charge is -2.26. The fourth-order valence-corrected chi connectivity index (χ4v) is 5.10. The molecule has 7 heteroatoms. The smallest absolute Gasteiger partial charge is 0.253 e. The highest BCUT2D eigenvalue weighted by atomic mass is 32.2. The van der Waals surface area contributed by atoms with Gasteiger partial charge in [-0.05, 0) is 66.8 Å². The largest absolute Gasteiger partial charge is 0.339 e. The maximum Gasteiger partial charge on any atom is 0.253 e. The number of halogens is 1. The van der Waals surface area contributed by atoms with E-state index in [1.165, 1.54) is 18.6 Å². The predicted octanol–water partition coefficient (Wildman–Crippen LogP) is 5.54. The molecule has 2 aromatic heterocycles. The van der Waals surface area contributed by atoms with Gasteiger partial charge in [-0.15, -0.1) is 0 Å². The quantitative estimate of drug-likeness (QED) is 0.355. The molecule has 33 heavy (non-hydrogen) atoms. The second-order valence-corrected chi connectivity index (χ2v) is 9.23. The van der Waals surface area contributed by atoms with Crippen molar-refractivity contribution in [3.63, 3.8) is 0 Å². The molecule has 3 heterocycles. The number of benzene rings is 2. The number of aromatic nitrogens is 3. The van der Waals surface area contributed by atoms with Gasteiger partial charge in [0.1, 0.15) is 5.82 Å². The average molecular weight is 461 g/mol. The second kappa shape index (κ2) is 9.75. The van der Waals surface area contributed by atoms with Crippen LogP contribution in [0.2, 0.25) is 0 Å². The van der Waals surface area contributed by atoms with Crippen molar-refractivity contribution in [2.75, 3.05) is 13.1 Å². The maximum atomic E-state index is 13.3. The summed E-state index contributed by atoms with van der Waals surface area (Å²) in [5.41, 5.74) is 4.53. The third-order valence-corrected chi connectivity index (χ3v) is 7.00. The average Bonchev–Trinajstić information content (AvgIpc) is 3.22. The minimum absolute atomic E-state index is 0.126. The van der Waals surface area contributed by atoms with Crippen molar-refractivity contribution < 1.29 is 9.18 Å². The summed E-state index contributed by atoms with van der Waals surface area (Å²) >= 11 is 1.63. The molecule has 2 aromatic carbocycles. The van der Waals surface area contributed by atoms with Crippen LogP contribution in [0.3, 0.4) is 0 Å². The molecule has 1 aliphatic heterocycles. The predicted molar refractivity (Wildman–Crippen MR) is 129 cm³/mol. The highest BCUT2D eigenvalue weighted by Crippen LogP contribution is 2.27. The molecular weight excluding hydrogens is 435 g/mol. The van der Waals surface area contributed by atoms with Crippen LogP contribution < -0.4 is 0 Å². The van der Waals surface area contributed by atoms with Gasteiger partial charge in [-0.25, -0.2) is 14.4 Å². The van der Waals surface area contributed by atoms with E-state index in [1.54, 1.807) is 30.1 Å². The fraction of sp³-hybridized carbons (Fsp3) is 0.269. The van der Waals surface area contributed by atoms with Crippen LogP contribution in [0.25, 0.3) is 11.2 Å².